The Kier molecular flexibility index (Phi) is 5.75. The van der Waals surface area contributed by atoms with Gasteiger partial charge in [-0.2, -0.15) is 0 Å². The highest BCUT2D eigenvalue weighted by Gasteiger charge is 2.47. The number of esters is 1. The Morgan fingerprint density at radius 2 is 1.48 bits per heavy atom. The highest BCUT2D eigenvalue weighted by atomic mass is 16.6. The number of carbonyl (C=O) groups is 3. The molecule has 0 spiro atoms. The Morgan fingerprint density at radius 3 is 1.97 bits per heavy atom. The van der Waals surface area contributed by atoms with Crippen molar-refractivity contribution in [2.75, 3.05) is 6.61 Å². The number of carbonyl (C=O) groups excluding carboxylic acids is 3. The second-order valence-electron chi connectivity index (χ2n) is 10.8. The van der Waals surface area contributed by atoms with Crippen LogP contribution in [-0.4, -0.2) is 24.1 Å². The van der Waals surface area contributed by atoms with Crippen molar-refractivity contribution >= 4 is 17.5 Å². The number of benzene rings is 1. The van der Waals surface area contributed by atoms with Gasteiger partial charge in [0.25, 0.3) is 0 Å². The van der Waals surface area contributed by atoms with Crippen LogP contribution < -0.4 is 9.47 Å². The molecule has 0 atom stereocenters. The molecule has 0 saturated heterocycles. The Bertz CT molecular complexity index is 1050. The predicted molar refractivity (Wildman–Crippen MR) is 123 cm³/mol. The minimum Gasteiger partial charge on any atom is -0.490 e. The Morgan fingerprint density at radius 1 is 0.939 bits per heavy atom. The summed E-state index contributed by atoms with van der Waals surface area (Å²) in [4.78, 5) is 38.3. The third-order valence-corrected chi connectivity index (χ3v) is 6.44. The zero-order valence-corrected chi connectivity index (χ0v) is 20.3. The third-order valence-electron chi connectivity index (χ3n) is 6.44. The van der Waals surface area contributed by atoms with Crippen molar-refractivity contribution in [1.29, 1.82) is 0 Å². The molecule has 33 heavy (non-hydrogen) atoms. The monoisotopic (exact) mass is 452 g/mol. The first-order valence-electron chi connectivity index (χ1n) is 11.6. The van der Waals surface area contributed by atoms with Crippen LogP contribution in [0.15, 0.2) is 40.9 Å². The van der Waals surface area contributed by atoms with Gasteiger partial charge < -0.3 is 14.2 Å². The van der Waals surface area contributed by atoms with Crippen molar-refractivity contribution in [3.63, 3.8) is 0 Å². The molecule has 0 saturated carbocycles. The maximum Gasteiger partial charge on any atom is 0.308 e. The van der Waals surface area contributed by atoms with Crippen LogP contribution in [0.2, 0.25) is 0 Å². The average molecular weight is 453 g/mol. The van der Waals surface area contributed by atoms with E-state index in [0.717, 1.165) is 5.56 Å². The molecular weight excluding hydrogens is 420 g/mol. The van der Waals surface area contributed by atoms with Gasteiger partial charge in [0.1, 0.15) is 11.5 Å². The van der Waals surface area contributed by atoms with E-state index in [1.807, 2.05) is 13.0 Å². The Balaban J connectivity index is 1.89. The smallest absolute Gasteiger partial charge is 0.308 e. The molecule has 0 fully saturated rings. The number of ether oxygens (including phenoxy) is 3. The largest absolute Gasteiger partial charge is 0.490 e. The molecule has 176 valence electrons. The van der Waals surface area contributed by atoms with Crippen molar-refractivity contribution in [1.82, 2.24) is 0 Å². The fourth-order valence-electron chi connectivity index (χ4n) is 5.22. The van der Waals surface area contributed by atoms with E-state index in [9.17, 15) is 14.4 Å². The standard InChI is InChI=1S/C27H32O6/c1-7-31-20-10-16(8-9-19(20)32-15(2)28)23-24-17(29)11-26(3,4)13-21(24)33-22-14-27(5,6)12-18(30)25(22)23/h8-10,23H,7,11-14H2,1-6H3. The summed E-state index contributed by atoms with van der Waals surface area (Å²) in [5.41, 5.74) is 1.50. The summed E-state index contributed by atoms with van der Waals surface area (Å²) >= 11 is 0. The highest BCUT2D eigenvalue weighted by Crippen LogP contribution is 2.53. The van der Waals surface area contributed by atoms with Gasteiger partial charge in [0.05, 0.1) is 6.61 Å². The molecule has 6 heteroatoms. The van der Waals surface area contributed by atoms with E-state index in [1.54, 1.807) is 12.1 Å². The summed E-state index contributed by atoms with van der Waals surface area (Å²) in [6.07, 6.45) is 2.08. The molecule has 0 aromatic heterocycles. The highest BCUT2D eigenvalue weighted by molar-refractivity contribution is 6.06. The van der Waals surface area contributed by atoms with Gasteiger partial charge in [-0.3, -0.25) is 14.4 Å². The number of hydrogen-bond acceptors (Lipinski definition) is 6. The summed E-state index contributed by atoms with van der Waals surface area (Å²) in [5.74, 6) is 1.14. The van der Waals surface area contributed by atoms with E-state index >= 15 is 0 Å². The van der Waals surface area contributed by atoms with Crippen LogP contribution in [0.25, 0.3) is 0 Å². The van der Waals surface area contributed by atoms with Crippen LogP contribution in [-0.2, 0) is 19.1 Å². The van der Waals surface area contributed by atoms with Crippen molar-refractivity contribution < 1.29 is 28.6 Å². The zero-order valence-electron chi connectivity index (χ0n) is 20.3. The summed E-state index contributed by atoms with van der Waals surface area (Å²) in [5, 5.41) is 0. The number of Topliss-reactive ketones (excluding diaryl/α,β-unsaturated/α-hetero) is 2. The lowest BCUT2D eigenvalue weighted by molar-refractivity contribution is -0.132. The van der Waals surface area contributed by atoms with E-state index < -0.39 is 11.9 Å². The minimum atomic E-state index is -0.512. The Hall–Kier alpha value is -2.89. The van der Waals surface area contributed by atoms with Crippen molar-refractivity contribution in [2.45, 2.75) is 73.1 Å². The fraction of sp³-hybridized carbons (Fsp3) is 0.519. The van der Waals surface area contributed by atoms with Crippen LogP contribution >= 0.6 is 0 Å². The Labute approximate surface area is 195 Å². The van der Waals surface area contributed by atoms with Gasteiger partial charge in [-0.05, 0) is 35.4 Å². The molecule has 0 unspecified atom stereocenters. The van der Waals surface area contributed by atoms with E-state index in [-0.39, 0.29) is 22.4 Å². The minimum absolute atomic E-state index is 0.0115. The van der Waals surface area contributed by atoms with Crippen molar-refractivity contribution in [3.05, 3.63) is 46.4 Å². The number of rotatable bonds is 4. The lowest BCUT2D eigenvalue weighted by atomic mass is 9.65. The summed E-state index contributed by atoms with van der Waals surface area (Å²) in [6, 6.07) is 5.27. The SMILES string of the molecule is CCOc1cc(C2C3=C(CC(C)(C)CC3=O)OC3=C2C(=O)CC(C)(C)C3)ccc1OC(C)=O. The summed E-state index contributed by atoms with van der Waals surface area (Å²) < 4.78 is 17.4. The van der Waals surface area contributed by atoms with Crippen molar-refractivity contribution in [2.24, 2.45) is 10.8 Å². The van der Waals surface area contributed by atoms with Gasteiger partial charge in [-0.1, -0.05) is 33.8 Å². The molecule has 0 bridgehead atoms. The topological polar surface area (TPSA) is 78.9 Å². The maximum atomic E-state index is 13.4. The molecule has 6 nitrogen and oxygen atoms in total. The first-order valence-corrected chi connectivity index (χ1v) is 11.6. The van der Waals surface area contributed by atoms with Crippen LogP contribution in [0.4, 0.5) is 0 Å². The van der Waals surface area contributed by atoms with Gasteiger partial charge in [0, 0.05) is 49.7 Å². The van der Waals surface area contributed by atoms with E-state index in [2.05, 4.69) is 27.7 Å². The van der Waals surface area contributed by atoms with Crippen LogP contribution in [0, 0.1) is 10.8 Å². The normalized spacial score (nSPS) is 21.9. The molecule has 0 amide bonds. The zero-order chi connectivity index (χ0) is 24.1. The van der Waals surface area contributed by atoms with E-state index in [4.69, 9.17) is 14.2 Å². The van der Waals surface area contributed by atoms with Gasteiger partial charge >= 0.3 is 5.97 Å². The number of ketones is 2. The summed E-state index contributed by atoms with van der Waals surface area (Å²) in [7, 11) is 0. The molecule has 1 aliphatic heterocycles. The van der Waals surface area contributed by atoms with Crippen LogP contribution in [0.1, 0.15) is 78.7 Å². The molecule has 4 rings (SSSR count). The maximum absolute atomic E-state index is 13.4. The van der Waals surface area contributed by atoms with Crippen LogP contribution in [0.5, 0.6) is 11.5 Å². The first kappa shape index (κ1) is 23.3. The van der Waals surface area contributed by atoms with Gasteiger partial charge in [0.2, 0.25) is 0 Å². The van der Waals surface area contributed by atoms with E-state index in [0.29, 0.717) is 66.5 Å². The van der Waals surface area contributed by atoms with Gasteiger partial charge in [-0.25, -0.2) is 0 Å². The number of allylic oxidation sites excluding steroid dienone is 4. The molecule has 1 aromatic carbocycles. The van der Waals surface area contributed by atoms with E-state index in [1.165, 1.54) is 6.92 Å². The first-order chi connectivity index (χ1) is 15.4. The quantitative estimate of drug-likeness (QED) is 0.449. The second kappa shape index (κ2) is 8.15. The predicted octanol–water partition coefficient (Wildman–Crippen LogP) is 5.41. The molecular formula is C27H32O6. The molecule has 3 aliphatic rings. The lowest BCUT2D eigenvalue weighted by Gasteiger charge is -2.42. The molecule has 1 aromatic rings. The third kappa shape index (κ3) is 4.48. The second-order valence-corrected chi connectivity index (χ2v) is 10.8. The fourth-order valence-corrected chi connectivity index (χ4v) is 5.22. The number of hydrogen-bond donors (Lipinski definition) is 0. The van der Waals surface area contributed by atoms with Gasteiger partial charge in [0.15, 0.2) is 23.1 Å². The summed E-state index contributed by atoms with van der Waals surface area (Å²) in [6.45, 7) is 11.8. The van der Waals surface area contributed by atoms with Crippen LogP contribution in [0.3, 0.4) is 0 Å². The lowest BCUT2D eigenvalue weighted by Crippen LogP contribution is -2.37. The molecule has 2 aliphatic carbocycles. The molecule has 0 radical (unpaired) electrons. The van der Waals surface area contributed by atoms with Gasteiger partial charge in [-0.15, -0.1) is 0 Å². The molecule has 0 N–H and O–H groups in total. The average Bonchev–Trinajstić information content (AvgIpc) is 2.65. The molecule has 1 heterocycles. The van der Waals surface area contributed by atoms with Crippen molar-refractivity contribution in [3.8, 4) is 11.5 Å².